The highest BCUT2D eigenvalue weighted by Crippen LogP contribution is 2.43. The number of benzene rings is 2. The largest absolute Gasteiger partial charge is 0.465 e. The predicted octanol–water partition coefficient (Wildman–Crippen LogP) is 5.65. The number of esters is 1. The second kappa shape index (κ2) is 8.28. The van der Waals surface area contributed by atoms with Crippen molar-refractivity contribution in [2.24, 2.45) is 5.92 Å². The minimum Gasteiger partial charge on any atom is -0.465 e. The van der Waals surface area contributed by atoms with Crippen molar-refractivity contribution in [3.63, 3.8) is 0 Å². The van der Waals surface area contributed by atoms with Crippen LogP contribution in [0.3, 0.4) is 0 Å². The summed E-state index contributed by atoms with van der Waals surface area (Å²) >= 11 is 1.63. The number of ether oxygens (including phenoxy) is 1. The number of anilines is 1. The number of para-hydroxylation sites is 1. The van der Waals surface area contributed by atoms with Gasteiger partial charge in [0.2, 0.25) is 0 Å². The topological polar surface area (TPSA) is 46.6 Å². The maximum absolute atomic E-state index is 13.7. The normalized spacial score (nSPS) is 14.8. The molecule has 0 unspecified atom stereocenters. The molecule has 0 aliphatic carbocycles. The molecule has 1 aliphatic rings. The minimum absolute atomic E-state index is 0.00503. The Bertz CT molecular complexity index is 1130. The van der Waals surface area contributed by atoms with Gasteiger partial charge in [-0.15, -0.1) is 0 Å². The van der Waals surface area contributed by atoms with Gasteiger partial charge in [-0.1, -0.05) is 44.2 Å². The zero-order valence-corrected chi connectivity index (χ0v) is 18.0. The van der Waals surface area contributed by atoms with Gasteiger partial charge in [0.1, 0.15) is 0 Å². The summed E-state index contributed by atoms with van der Waals surface area (Å²) in [4.78, 5) is 27.4. The molecule has 1 amide bonds. The van der Waals surface area contributed by atoms with Gasteiger partial charge in [-0.25, -0.2) is 4.79 Å². The van der Waals surface area contributed by atoms with Gasteiger partial charge in [0.15, 0.2) is 0 Å². The number of fused-ring (bicyclic) bond motifs is 1. The van der Waals surface area contributed by atoms with Crippen molar-refractivity contribution < 1.29 is 14.3 Å². The van der Waals surface area contributed by atoms with Gasteiger partial charge in [-0.3, -0.25) is 4.79 Å². The van der Waals surface area contributed by atoms with E-state index in [0.29, 0.717) is 12.1 Å². The first-order valence-electron chi connectivity index (χ1n) is 9.86. The summed E-state index contributed by atoms with van der Waals surface area (Å²) in [6.07, 6.45) is 0. The molecule has 0 saturated heterocycles. The summed E-state index contributed by atoms with van der Waals surface area (Å²) in [6.45, 7) is 4.63. The first kappa shape index (κ1) is 20.1. The van der Waals surface area contributed by atoms with E-state index in [2.05, 4.69) is 25.3 Å². The fourth-order valence-electron chi connectivity index (χ4n) is 3.98. The Balaban J connectivity index is 1.80. The van der Waals surface area contributed by atoms with Crippen molar-refractivity contribution in [2.75, 3.05) is 12.0 Å². The summed E-state index contributed by atoms with van der Waals surface area (Å²) in [5.74, 6) is -0.186. The molecule has 0 fully saturated rings. The van der Waals surface area contributed by atoms with Crippen molar-refractivity contribution in [1.29, 1.82) is 0 Å². The van der Waals surface area contributed by atoms with Crippen LogP contribution in [0.2, 0.25) is 0 Å². The Hall–Kier alpha value is -3.18. The lowest BCUT2D eigenvalue weighted by molar-refractivity contribution is -0.113. The molecule has 1 aliphatic heterocycles. The third-order valence-corrected chi connectivity index (χ3v) is 5.97. The molecule has 0 bridgehead atoms. The summed E-state index contributed by atoms with van der Waals surface area (Å²) in [7, 11) is 1.37. The maximum Gasteiger partial charge on any atom is 0.337 e. The van der Waals surface area contributed by atoms with E-state index in [0.717, 1.165) is 33.5 Å². The molecule has 0 radical (unpaired) electrons. The van der Waals surface area contributed by atoms with Crippen molar-refractivity contribution in [1.82, 2.24) is 0 Å². The molecule has 0 spiro atoms. The lowest BCUT2D eigenvalue weighted by Gasteiger charge is -2.18. The average molecular weight is 418 g/mol. The van der Waals surface area contributed by atoms with Crippen LogP contribution in [0.15, 0.2) is 65.4 Å². The minimum atomic E-state index is -0.384. The standard InChI is InChI=1S/C25H23NO3S/c1-16(2)22(19-11-12-30-15-19)23-20-9-4-5-10-21(20)26(24(23)27)14-17-7-6-8-18(13-17)25(28)29-3/h4-13,15-16H,14H2,1-3H3. The molecule has 2 heterocycles. The number of carbonyl (C=O) groups is 2. The van der Waals surface area contributed by atoms with E-state index in [4.69, 9.17) is 4.74 Å². The zero-order valence-electron chi connectivity index (χ0n) is 17.2. The van der Waals surface area contributed by atoms with E-state index in [1.165, 1.54) is 7.11 Å². The van der Waals surface area contributed by atoms with E-state index in [-0.39, 0.29) is 17.8 Å². The predicted molar refractivity (Wildman–Crippen MR) is 121 cm³/mol. The molecular weight excluding hydrogens is 394 g/mol. The lowest BCUT2D eigenvalue weighted by atomic mass is 9.89. The fourth-order valence-corrected chi connectivity index (χ4v) is 4.63. The van der Waals surface area contributed by atoms with Gasteiger partial charge in [0.25, 0.3) is 5.91 Å². The molecule has 0 saturated carbocycles. The Morgan fingerprint density at radius 3 is 2.57 bits per heavy atom. The molecule has 5 heteroatoms. The number of thiophene rings is 1. The fraction of sp³-hybridized carbons (Fsp3) is 0.200. The Morgan fingerprint density at radius 1 is 1.07 bits per heavy atom. The molecule has 0 N–H and O–H groups in total. The van der Waals surface area contributed by atoms with Crippen molar-refractivity contribution in [3.8, 4) is 0 Å². The smallest absolute Gasteiger partial charge is 0.337 e. The van der Waals surface area contributed by atoms with Crippen molar-refractivity contribution in [3.05, 3.63) is 87.6 Å². The number of nitrogens with zero attached hydrogens (tertiary/aromatic N) is 1. The molecule has 3 aromatic rings. The van der Waals surface area contributed by atoms with Crippen molar-refractivity contribution >= 4 is 40.0 Å². The molecule has 0 atom stereocenters. The Kier molecular flexibility index (Phi) is 5.55. The van der Waals surface area contributed by atoms with Gasteiger partial charge in [-0.05, 0) is 57.6 Å². The monoisotopic (exact) mass is 417 g/mol. The Labute approximate surface area is 180 Å². The van der Waals surface area contributed by atoms with Crippen LogP contribution in [0.25, 0.3) is 11.1 Å². The van der Waals surface area contributed by atoms with E-state index >= 15 is 0 Å². The highest BCUT2D eigenvalue weighted by Gasteiger charge is 2.35. The van der Waals surface area contributed by atoms with E-state index in [1.54, 1.807) is 28.4 Å². The Morgan fingerprint density at radius 2 is 1.87 bits per heavy atom. The summed E-state index contributed by atoms with van der Waals surface area (Å²) < 4.78 is 4.83. The third-order valence-electron chi connectivity index (χ3n) is 5.29. The number of hydrogen-bond donors (Lipinski definition) is 0. The molecule has 152 valence electrons. The zero-order chi connectivity index (χ0) is 21.3. The van der Waals surface area contributed by atoms with Gasteiger partial charge >= 0.3 is 5.97 Å². The first-order valence-corrected chi connectivity index (χ1v) is 10.8. The number of allylic oxidation sites excluding steroid dienone is 1. The van der Waals surface area contributed by atoms with Crippen LogP contribution in [0.1, 0.15) is 40.9 Å². The van der Waals surface area contributed by atoms with Gasteiger partial charge < -0.3 is 9.64 Å². The molecule has 30 heavy (non-hydrogen) atoms. The molecular formula is C25H23NO3S. The SMILES string of the molecule is COC(=O)c1cccc(CN2C(=O)C(=C(c3ccsc3)C(C)C)c3ccccc32)c1. The van der Waals surface area contributed by atoms with Crippen LogP contribution >= 0.6 is 11.3 Å². The second-order valence-electron chi connectivity index (χ2n) is 7.56. The maximum atomic E-state index is 13.7. The van der Waals surface area contributed by atoms with Crippen LogP contribution in [0, 0.1) is 5.92 Å². The molecule has 2 aromatic carbocycles. The van der Waals surface area contributed by atoms with Gasteiger partial charge in [0.05, 0.1) is 30.5 Å². The summed E-state index contributed by atoms with van der Waals surface area (Å²) in [6, 6.07) is 17.2. The quantitative estimate of drug-likeness (QED) is 0.398. The van der Waals surface area contributed by atoms with Crippen LogP contribution in [0.4, 0.5) is 5.69 Å². The average Bonchev–Trinajstić information content (AvgIpc) is 3.37. The number of hydrogen-bond acceptors (Lipinski definition) is 4. The van der Waals surface area contributed by atoms with Gasteiger partial charge in [0, 0.05) is 5.56 Å². The number of carbonyl (C=O) groups excluding carboxylic acids is 2. The van der Waals surface area contributed by atoms with Crippen LogP contribution in [0.5, 0.6) is 0 Å². The summed E-state index contributed by atoms with van der Waals surface area (Å²) in [5.41, 5.74) is 6.15. The lowest BCUT2D eigenvalue weighted by Crippen LogP contribution is -2.26. The number of methoxy groups -OCH3 is 1. The molecule has 1 aromatic heterocycles. The van der Waals surface area contributed by atoms with E-state index in [9.17, 15) is 9.59 Å². The third kappa shape index (κ3) is 3.57. The number of amides is 1. The molecule has 4 rings (SSSR count). The van der Waals surface area contributed by atoms with Crippen LogP contribution in [-0.2, 0) is 16.1 Å². The number of rotatable bonds is 5. The van der Waals surface area contributed by atoms with Crippen molar-refractivity contribution in [2.45, 2.75) is 20.4 Å². The highest BCUT2D eigenvalue weighted by molar-refractivity contribution is 7.08. The van der Waals surface area contributed by atoms with E-state index < -0.39 is 0 Å². The highest BCUT2D eigenvalue weighted by atomic mass is 32.1. The first-order chi connectivity index (χ1) is 14.5. The van der Waals surface area contributed by atoms with Crippen LogP contribution in [-0.4, -0.2) is 19.0 Å². The second-order valence-corrected chi connectivity index (χ2v) is 8.34. The summed E-state index contributed by atoms with van der Waals surface area (Å²) in [5, 5.41) is 4.14. The van der Waals surface area contributed by atoms with Crippen LogP contribution < -0.4 is 4.90 Å². The molecule has 4 nitrogen and oxygen atoms in total. The van der Waals surface area contributed by atoms with E-state index in [1.807, 2.05) is 41.8 Å². The van der Waals surface area contributed by atoms with Gasteiger partial charge in [-0.2, -0.15) is 11.3 Å².